The molecular weight excluding hydrogens is 356 g/mol. The third-order valence-corrected chi connectivity index (χ3v) is 4.14. The van der Waals surface area contributed by atoms with Crippen LogP contribution in [0.25, 0.3) is 0 Å². The van der Waals surface area contributed by atoms with Crippen LogP contribution in [0, 0.1) is 13.8 Å². The van der Waals surface area contributed by atoms with Crippen LogP contribution in [-0.4, -0.2) is 9.97 Å². The van der Waals surface area contributed by atoms with Crippen LogP contribution in [0.15, 0.2) is 35.9 Å². The number of oxazole rings is 1. The second-order valence-corrected chi connectivity index (χ2v) is 5.87. The van der Waals surface area contributed by atoms with Crippen molar-refractivity contribution in [3.63, 3.8) is 0 Å². The predicted octanol–water partition coefficient (Wildman–Crippen LogP) is 4.36. The van der Waals surface area contributed by atoms with Gasteiger partial charge in [-0.25, -0.2) is 9.97 Å². The number of aryl methyl sites for hydroxylation is 2. The van der Waals surface area contributed by atoms with Crippen LogP contribution in [0.2, 0.25) is 0 Å². The molecule has 0 aliphatic heterocycles. The monoisotopic (exact) mass is 362 g/mol. The van der Waals surface area contributed by atoms with E-state index in [0.29, 0.717) is 5.22 Å². The lowest BCUT2D eigenvalue weighted by Crippen LogP contribution is -1.82. The summed E-state index contributed by atoms with van der Waals surface area (Å²) in [7, 11) is 0. The van der Waals surface area contributed by atoms with Crippen LogP contribution in [-0.2, 0) is 0 Å². The van der Waals surface area contributed by atoms with Gasteiger partial charge in [-0.1, -0.05) is 0 Å². The second kappa shape index (κ2) is 4.89. The van der Waals surface area contributed by atoms with Gasteiger partial charge in [-0.2, -0.15) is 0 Å². The van der Waals surface area contributed by atoms with Crippen molar-refractivity contribution in [2.24, 2.45) is 0 Å². The molecule has 84 valence electrons. The molecule has 3 nitrogen and oxygen atoms in total. The summed E-state index contributed by atoms with van der Waals surface area (Å²) >= 11 is 8.21. The van der Waals surface area contributed by atoms with E-state index in [2.05, 4.69) is 41.8 Å². The highest BCUT2D eigenvalue weighted by molar-refractivity contribution is 9.11. The van der Waals surface area contributed by atoms with Crippen LogP contribution in [0.3, 0.4) is 0 Å². The molecule has 2 heterocycles. The SMILES string of the molecule is Cc1nc(Sc2ncc(Br)cc2Br)oc1C. The standard InChI is InChI=1S/C10H8Br2N2OS/c1-5-6(2)15-10(14-5)16-9-8(12)3-7(11)4-13-9/h3-4H,1-2H3. The molecule has 0 atom stereocenters. The van der Waals surface area contributed by atoms with Gasteiger partial charge in [-0.05, 0) is 63.5 Å². The van der Waals surface area contributed by atoms with Gasteiger partial charge in [0.15, 0.2) is 0 Å². The third kappa shape index (κ3) is 2.67. The molecule has 16 heavy (non-hydrogen) atoms. The number of pyridine rings is 1. The smallest absolute Gasteiger partial charge is 0.262 e. The van der Waals surface area contributed by atoms with Crippen molar-refractivity contribution in [3.8, 4) is 0 Å². The first-order chi connectivity index (χ1) is 7.56. The molecule has 0 saturated heterocycles. The lowest BCUT2D eigenvalue weighted by Gasteiger charge is -1.99. The molecule has 0 aliphatic rings. The van der Waals surface area contributed by atoms with Crippen LogP contribution < -0.4 is 0 Å². The van der Waals surface area contributed by atoms with Crippen molar-refractivity contribution in [1.29, 1.82) is 0 Å². The van der Waals surface area contributed by atoms with Gasteiger partial charge in [0.25, 0.3) is 5.22 Å². The maximum absolute atomic E-state index is 5.48. The van der Waals surface area contributed by atoms with Gasteiger partial charge in [0.1, 0.15) is 10.8 Å². The predicted molar refractivity (Wildman–Crippen MR) is 69.7 cm³/mol. The Hall–Kier alpha value is -0.330. The van der Waals surface area contributed by atoms with Crippen LogP contribution in [0.1, 0.15) is 11.5 Å². The molecule has 0 spiro atoms. The van der Waals surface area contributed by atoms with Gasteiger partial charge in [0.05, 0.1) is 10.2 Å². The molecule has 6 heteroatoms. The highest BCUT2D eigenvalue weighted by atomic mass is 79.9. The molecular formula is C10H8Br2N2OS. The Labute approximate surface area is 114 Å². The Morgan fingerprint density at radius 1 is 1.31 bits per heavy atom. The Morgan fingerprint density at radius 3 is 2.62 bits per heavy atom. The van der Waals surface area contributed by atoms with Gasteiger partial charge >= 0.3 is 0 Å². The lowest BCUT2D eigenvalue weighted by molar-refractivity contribution is 0.431. The quantitative estimate of drug-likeness (QED) is 0.794. The maximum atomic E-state index is 5.48. The molecule has 2 aromatic rings. The van der Waals surface area contributed by atoms with Crippen molar-refractivity contribution in [2.75, 3.05) is 0 Å². The minimum absolute atomic E-state index is 0.616. The number of hydrogen-bond donors (Lipinski definition) is 0. The van der Waals surface area contributed by atoms with E-state index < -0.39 is 0 Å². The van der Waals surface area contributed by atoms with E-state index in [1.54, 1.807) is 6.20 Å². The topological polar surface area (TPSA) is 38.9 Å². The van der Waals surface area contributed by atoms with E-state index in [0.717, 1.165) is 25.4 Å². The number of rotatable bonds is 2. The summed E-state index contributed by atoms with van der Waals surface area (Å²) in [5.74, 6) is 0.843. The lowest BCUT2D eigenvalue weighted by atomic mass is 10.4. The molecule has 0 N–H and O–H groups in total. The fourth-order valence-corrected chi connectivity index (χ4v) is 3.05. The van der Waals surface area contributed by atoms with Gasteiger partial charge in [-0.3, -0.25) is 0 Å². The molecule has 2 rings (SSSR count). The summed E-state index contributed by atoms with van der Waals surface area (Å²) < 4.78 is 7.33. The molecule has 0 bridgehead atoms. The first kappa shape index (κ1) is 12.1. The molecule has 0 aromatic carbocycles. The van der Waals surface area contributed by atoms with E-state index in [9.17, 15) is 0 Å². The zero-order valence-corrected chi connectivity index (χ0v) is 12.6. The van der Waals surface area contributed by atoms with Crippen LogP contribution >= 0.6 is 43.6 Å². The zero-order chi connectivity index (χ0) is 11.7. The van der Waals surface area contributed by atoms with Gasteiger partial charge in [-0.15, -0.1) is 0 Å². The van der Waals surface area contributed by atoms with Gasteiger partial charge in [0, 0.05) is 10.7 Å². The van der Waals surface area contributed by atoms with E-state index >= 15 is 0 Å². The largest absolute Gasteiger partial charge is 0.436 e. The first-order valence-corrected chi connectivity index (χ1v) is 6.89. The summed E-state index contributed by atoms with van der Waals surface area (Å²) in [5.41, 5.74) is 0.913. The summed E-state index contributed by atoms with van der Waals surface area (Å²) in [4.78, 5) is 8.57. The van der Waals surface area contributed by atoms with Crippen LogP contribution in [0.5, 0.6) is 0 Å². The Bertz CT molecular complexity index is 508. The summed E-state index contributed by atoms with van der Waals surface area (Å²) in [6.07, 6.45) is 1.75. The number of hydrogen-bond acceptors (Lipinski definition) is 4. The van der Waals surface area contributed by atoms with Crippen molar-refractivity contribution in [3.05, 3.63) is 32.7 Å². The normalized spacial score (nSPS) is 10.8. The van der Waals surface area contributed by atoms with Crippen molar-refractivity contribution >= 4 is 43.6 Å². The van der Waals surface area contributed by atoms with Gasteiger partial charge < -0.3 is 4.42 Å². The molecule has 2 aromatic heterocycles. The van der Waals surface area contributed by atoms with Crippen LogP contribution in [0.4, 0.5) is 0 Å². The number of aromatic nitrogens is 2. The van der Waals surface area contributed by atoms with E-state index in [1.165, 1.54) is 11.8 Å². The summed E-state index contributed by atoms with van der Waals surface area (Å²) in [6.45, 7) is 3.82. The minimum Gasteiger partial charge on any atom is -0.436 e. The van der Waals surface area contributed by atoms with Crippen molar-refractivity contribution < 1.29 is 4.42 Å². The fraction of sp³-hybridized carbons (Fsp3) is 0.200. The molecule has 0 saturated carbocycles. The summed E-state index contributed by atoms with van der Waals surface area (Å²) in [6, 6.07) is 1.94. The maximum Gasteiger partial charge on any atom is 0.262 e. The second-order valence-electron chi connectivity index (χ2n) is 3.16. The molecule has 0 radical (unpaired) electrons. The third-order valence-electron chi connectivity index (χ3n) is 1.97. The Morgan fingerprint density at radius 2 is 2.06 bits per heavy atom. The minimum atomic E-state index is 0.616. The average molecular weight is 364 g/mol. The number of halogens is 2. The zero-order valence-electron chi connectivity index (χ0n) is 8.62. The molecule has 0 fully saturated rings. The Kier molecular flexibility index (Phi) is 3.71. The highest BCUT2D eigenvalue weighted by Crippen LogP contribution is 2.33. The molecule has 0 amide bonds. The Balaban J connectivity index is 2.27. The summed E-state index contributed by atoms with van der Waals surface area (Å²) in [5, 5.41) is 1.45. The molecule has 0 aliphatic carbocycles. The average Bonchev–Trinajstić information content (AvgIpc) is 2.51. The highest BCUT2D eigenvalue weighted by Gasteiger charge is 2.11. The van der Waals surface area contributed by atoms with E-state index in [1.807, 2.05) is 19.9 Å². The van der Waals surface area contributed by atoms with E-state index in [4.69, 9.17) is 4.42 Å². The van der Waals surface area contributed by atoms with E-state index in [-0.39, 0.29) is 0 Å². The van der Waals surface area contributed by atoms with Crippen molar-refractivity contribution in [1.82, 2.24) is 9.97 Å². The van der Waals surface area contributed by atoms with Crippen molar-refractivity contribution in [2.45, 2.75) is 24.1 Å². The molecule has 0 unspecified atom stereocenters. The fourth-order valence-electron chi connectivity index (χ4n) is 1.05. The number of nitrogens with zero attached hydrogens (tertiary/aromatic N) is 2. The van der Waals surface area contributed by atoms with Gasteiger partial charge in [0.2, 0.25) is 0 Å². The first-order valence-electron chi connectivity index (χ1n) is 4.49.